The topological polar surface area (TPSA) is 88.4 Å². The maximum absolute atomic E-state index is 12.6. The van der Waals surface area contributed by atoms with E-state index in [1.54, 1.807) is 55.7 Å². The van der Waals surface area contributed by atoms with E-state index in [0.717, 1.165) is 24.2 Å². The zero-order chi connectivity index (χ0) is 20.9. The molecule has 1 heterocycles. The lowest BCUT2D eigenvalue weighted by Crippen LogP contribution is -2.25. The summed E-state index contributed by atoms with van der Waals surface area (Å²) in [7, 11) is -3.68. The molecular weight excluding hydrogens is 388 g/mol. The average molecular weight is 413 g/mol. The zero-order valence-electron chi connectivity index (χ0n) is 16.4. The van der Waals surface area contributed by atoms with Gasteiger partial charge in [0.1, 0.15) is 5.76 Å². The Morgan fingerprint density at radius 3 is 2.45 bits per heavy atom. The van der Waals surface area contributed by atoms with Crippen LogP contribution in [0, 0.1) is 13.8 Å². The van der Waals surface area contributed by atoms with Gasteiger partial charge < -0.3 is 9.73 Å². The first kappa shape index (κ1) is 20.7. The molecule has 0 aliphatic rings. The van der Waals surface area contributed by atoms with Crippen LogP contribution in [0.5, 0.6) is 0 Å². The molecule has 0 aliphatic carbocycles. The van der Waals surface area contributed by atoms with E-state index < -0.39 is 10.0 Å². The summed E-state index contributed by atoms with van der Waals surface area (Å²) in [5.41, 5.74) is 2.59. The van der Waals surface area contributed by atoms with E-state index in [0.29, 0.717) is 23.4 Å². The van der Waals surface area contributed by atoms with E-state index in [4.69, 9.17) is 4.42 Å². The van der Waals surface area contributed by atoms with Crippen LogP contribution in [0.4, 0.5) is 5.69 Å². The van der Waals surface area contributed by atoms with Crippen LogP contribution in [0.15, 0.2) is 70.2 Å². The molecule has 7 heteroatoms. The Bertz CT molecular complexity index is 1070. The molecule has 6 nitrogen and oxygen atoms in total. The quantitative estimate of drug-likeness (QED) is 0.546. The summed E-state index contributed by atoms with van der Waals surface area (Å²) in [6, 6.07) is 15.3. The van der Waals surface area contributed by atoms with E-state index >= 15 is 0 Å². The number of anilines is 1. The van der Waals surface area contributed by atoms with Crippen LogP contribution in [0.25, 0.3) is 0 Å². The maximum atomic E-state index is 12.6. The first-order valence-corrected chi connectivity index (χ1v) is 10.8. The summed E-state index contributed by atoms with van der Waals surface area (Å²) in [6.45, 7) is 4.19. The predicted octanol–water partition coefficient (Wildman–Crippen LogP) is 4.06. The van der Waals surface area contributed by atoms with Crippen LogP contribution in [-0.4, -0.2) is 20.9 Å². The first-order chi connectivity index (χ1) is 13.8. The summed E-state index contributed by atoms with van der Waals surface area (Å²) < 4.78 is 33.0. The molecule has 152 valence electrons. The number of carbonyl (C=O) groups excluding carboxylic acids is 1. The highest BCUT2D eigenvalue weighted by Gasteiger charge is 2.16. The minimum absolute atomic E-state index is 0.194. The molecule has 0 fully saturated rings. The summed E-state index contributed by atoms with van der Waals surface area (Å²) in [6.07, 6.45) is 3.16. The molecule has 0 saturated carbocycles. The Morgan fingerprint density at radius 2 is 1.79 bits per heavy atom. The van der Waals surface area contributed by atoms with Gasteiger partial charge in [0.25, 0.3) is 15.9 Å². The second-order valence-corrected chi connectivity index (χ2v) is 8.57. The fourth-order valence-corrected chi connectivity index (χ4v) is 3.99. The highest BCUT2D eigenvalue weighted by atomic mass is 32.2. The van der Waals surface area contributed by atoms with Gasteiger partial charge in [0.05, 0.1) is 16.8 Å². The van der Waals surface area contributed by atoms with Gasteiger partial charge in [0, 0.05) is 18.5 Å². The fourth-order valence-electron chi connectivity index (χ4n) is 2.86. The Kier molecular flexibility index (Phi) is 6.39. The van der Waals surface area contributed by atoms with E-state index in [-0.39, 0.29) is 10.8 Å². The largest absolute Gasteiger partial charge is 0.469 e. The van der Waals surface area contributed by atoms with E-state index in [9.17, 15) is 13.2 Å². The Labute approximate surface area is 171 Å². The molecule has 0 atom stereocenters. The van der Waals surface area contributed by atoms with Crippen molar-refractivity contribution in [3.05, 3.63) is 83.3 Å². The van der Waals surface area contributed by atoms with Gasteiger partial charge in [0.15, 0.2) is 0 Å². The second kappa shape index (κ2) is 8.96. The number of hydrogen-bond acceptors (Lipinski definition) is 4. The number of sulfonamides is 1. The summed E-state index contributed by atoms with van der Waals surface area (Å²) in [4.78, 5) is 12.5. The molecule has 0 unspecified atom stereocenters. The van der Waals surface area contributed by atoms with Gasteiger partial charge in [-0.25, -0.2) is 8.42 Å². The normalized spacial score (nSPS) is 11.2. The maximum Gasteiger partial charge on any atom is 0.261 e. The van der Waals surface area contributed by atoms with E-state index in [1.807, 2.05) is 19.1 Å². The molecule has 0 radical (unpaired) electrons. The third kappa shape index (κ3) is 5.48. The summed E-state index contributed by atoms with van der Waals surface area (Å²) in [5.74, 6) is 0.695. The molecule has 0 bridgehead atoms. The molecule has 1 aromatic heterocycles. The minimum Gasteiger partial charge on any atom is -0.469 e. The Hall–Kier alpha value is -3.06. The third-order valence-electron chi connectivity index (χ3n) is 4.53. The van der Waals surface area contributed by atoms with Crippen LogP contribution >= 0.6 is 0 Å². The van der Waals surface area contributed by atoms with Crippen LogP contribution in [0.2, 0.25) is 0 Å². The number of hydrogen-bond donors (Lipinski definition) is 2. The second-order valence-electron chi connectivity index (χ2n) is 6.89. The van der Waals surface area contributed by atoms with Crippen LogP contribution in [0.3, 0.4) is 0 Å². The molecule has 2 aromatic carbocycles. The molecule has 0 saturated heterocycles. The van der Waals surface area contributed by atoms with Crippen molar-refractivity contribution in [3.8, 4) is 0 Å². The molecule has 2 N–H and O–H groups in total. The van der Waals surface area contributed by atoms with Crippen molar-refractivity contribution in [2.24, 2.45) is 0 Å². The third-order valence-corrected chi connectivity index (χ3v) is 5.91. The summed E-state index contributed by atoms with van der Waals surface area (Å²) in [5, 5.41) is 2.87. The molecular formula is C22H24N2O4S. The average Bonchev–Trinajstić information content (AvgIpc) is 3.20. The van der Waals surface area contributed by atoms with E-state index in [2.05, 4.69) is 10.0 Å². The Morgan fingerprint density at radius 1 is 1.03 bits per heavy atom. The van der Waals surface area contributed by atoms with Gasteiger partial charge in [-0.2, -0.15) is 0 Å². The van der Waals surface area contributed by atoms with Crippen molar-refractivity contribution in [1.29, 1.82) is 0 Å². The summed E-state index contributed by atoms with van der Waals surface area (Å²) >= 11 is 0. The molecule has 3 rings (SSSR count). The van der Waals surface area contributed by atoms with E-state index in [1.165, 1.54) is 0 Å². The van der Waals surface area contributed by atoms with Gasteiger partial charge in [-0.3, -0.25) is 9.52 Å². The number of carbonyl (C=O) groups is 1. The number of rotatable bonds is 8. The van der Waals surface area contributed by atoms with Crippen molar-refractivity contribution in [1.82, 2.24) is 5.32 Å². The number of furan rings is 1. The van der Waals surface area contributed by atoms with Crippen LogP contribution in [-0.2, 0) is 16.4 Å². The highest BCUT2D eigenvalue weighted by molar-refractivity contribution is 7.92. The van der Waals surface area contributed by atoms with Crippen molar-refractivity contribution in [2.45, 2.75) is 31.6 Å². The van der Waals surface area contributed by atoms with Crippen LogP contribution in [0.1, 0.15) is 33.7 Å². The highest BCUT2D eigenvalue weighted by Crippen LogP contribution is 2.21. The predicted molar refractivity (Wildman–Crippen MR) is 113 cm³/mol. The van der Waals surface area contributed by atoms with Gasteiger partial charge in [0.2, 0.25) is 0 Å². The number of amides is 1. The minimum atomic E-state index is -3.68. The lowest BCUT2D eigenvalue weighted by molar-refractivity contribution is 0.0953. The van der Waals surface area contributed by atoms with Gasteiger partial charge in [-0.1, -0.05) is 17.7 Å². The molecule has 0 aliphatic heterocycles. The van der Waals surface area contributed by atoms with Crippen molar-refractivity contribution in [2.75, 3.05) is 11.3 Å². The molecule has 3 aromatic rings. The van der Waals surface area contributed by atoms with Crippen molar-refractivity contribution >= 4 is 21.6 Å². The van der Waals surface area contributed by atoms with Crippen molar-refractivity contribution < 1.29 is 17.6 Å². The van der Waals surface area contributed by atoms with Crippen molar-refractivity contribution in [3.63, 3.8) is 0 Å². The zero-order valence-corrected chi connectivity index (χ0v) is 17.3. The number of aryl methyl sites for hydroxylation is 3. The Balaban J connectivity index is 1.60. The monoisotopic (exact) mass is 412 g/mol. The number of benzene rings is 2. The van der Waals surface area contributed by atoms with Gasteiger partial charge >= 0.3 is 0 Å². The van der Waals surface area contributed by atoms with Gasteiger partial charge in [-0.15, -0.1) is 0 Å². The molecule has 1 amide bonds. The lowest BCUT2D eigenvalue weighted by Gasteiger charge is -2.12. The first-order valence-electron chi connectivity index (χ1n) is 9.36. The smallest absolute Gasteiger partial charge is 0.261 e. The van der Waals surface area contributed by atoms with Gasteiger partial charge in [-0.05, 0) is 68.3 Å². The molecule has 29 heavy (non-hydrogen) atoms. The molecule has 0 spiro atoms. The fraction of sp³-hybridized carbons (Fsp3) is 0.227. The number of nitrogens with one attached hydrogen (secondary N) is 2. The van der Waals surface area contributed by atoms with Crippen LogP contribution < -0.4 is 10.0 Å². The standard InChI is InChI=1S/C22H24N2O4S/c1-16-7-10-20(11-8-16)29(26,27)24-21-12-9-18(15-17(21)2)22(25)23-13-3-5-19-6-4-14-28-19/h4,6-12,14-15,24H,3,5,13H2,1-2H3,(H,23,25). The lowest BCUT2D eigenvalue weighted by atomic mass is 10.1. The SMILES string of the molecule is Cc1ccc(S(=O)(=O)Nc2ccc(C(=O)NCCCc3ccco3)cc2C)cc1.